The summed E-state index contributed by atoms with van der Waals surface area (Å²) in [6.45, 7) is -0.380. The lowest BCUT2D eigenvalue weighted by Crippen LogP contribution is -2.65. The minimum atomic E-state index is -1.57. The first-order valence-corrected chi connectivity index (χ1v) is 11.1. The lowest BCUT2D eigenvalue weighted by atomic mass is 9.87. The molecule has 0 amide bonds. The number of ether oxygens (including phenoxy) is 4. The third kappa shape index (κ3) is 5.65. The van der Waals surface area contributed by atoms with Crippen LogP contribution in [0.4, 0.5) is 0 Å². The Morgan fingerprint density at radius 3 is 2.06 bits per heavy atom. The number of likely N-dealkylation sites (N-methyl/N-ethyl adjacent to an activating group) is 1. The van der Waals surface area contributed by atoms with Gasteiger partial charge in [0.05, 0.1) is 18.8 Å². The summed E-state index contributed by atoms with van der Waals surface area (Å²) in [5, 5.41) is 74.0. The van der Waals surface area contributed by atoms with E-state index in [1.807, 2.05) is 0 Å². The van der Waals surface area contributed by atoms with E-state index in [0.29, 0.717) is 6.42 Å². The molecule has 8 unspecified atom stereocenters. The van der Waals surface area contributed by atoms with E-state index < -0.39 is 92.3 Å². The summed E-state index contributed by atoms with van der Waals surface area (Å²) >= 11 is 0. The van der Waals surface area contributed by atoms with Crippen molar-refractivity contribution in [2.75, 3.05) is 20.2 Å². The summed E-state index contributed by atoms with van der Waals surface area (Å²) in [4.78, 5) is 0. The quantitative estimate of drug-likeness (QED) is 0.162. The number of rotatable bonds is 7. The van der Waals surface area contributed by atoms with E-state index >= 15 is 0 Å². The van der Waals surface area contributed by atoms with Crippen molar-refractivity contribution in [1.29, 1.82) is 0 Å². The van der Waals surface area contributed by atoms with E-state index in [9.17, 15) is 35.7 Å². The van der Waals surface area contributed by atoms with Gasteiger partial charge in [0.15, 0.2) is 12.6 Å². The summed E-state index contributed by atoms with van der Waals surface area (Å²) in [6, 6.07) is -1.83. The molecule has 2 saturated heterocycles. The molecule has 0 aromatic rings. The lowest BCUT2D eigenvalue weighted by molar-refractivity contribution is -0.330. The summed E-state index contributed by atoms with van der Waals surface area (Å²) in [5.74, 6) is 0. The predicted molar refractivity (Wildman–Crippen MR) is 109 cm³/mol. The van der Waals surface area contributed by atoms with Crippen molar-refractivity contribution >= 4 is 0 Å². The molecule has 0 aromatic heterocycles. The molecule has 0 bridgehead atoms. The molecule has 3 fully saturated rings. The van der Waals surface area contributed by atoms with Gasteiger partial charge in [-0.05, 0) is 19.9 Å². The van der Waals surface area contributed by atoms with Gasteiger partial charge in [-0.25, -0.2) is 0 Å². The molecule has 0 spiro atoms. The highest BCUT2D eigenvalue weighted by molar-refractivity contribution is 4.97. The highest BCUT2D eigenvalue weighted by Crippen LogP contribution is 2.31. The van der Waals surface area contributed by atoms with Crippen LogP contribution in [-0.4, -0.2) is 142 Å². The normalized spacial score (nSPS) is 51.5. The molecule has 194 valence electrons. The molecule has 3 rings (SSSR count). The molecule has 14 heteroatoms. The molecule has 33 heavy (non-hydrogen) atoms. The molecule has 0 aromatic carbocycles. The van der Waals surface area contributed by atoms with Gasteiger partial charge in [-0.3, -0.25) is 0 Å². The van der Waals surface area contributed by atoms with Crippen molar-refractivity contribution < 1.29 is 54.7 Å². The van der Waals surface area contributed by atoms with Crippen molar-refractivity contribution in [2.24, 2.45) is 11.5 Å². The summed E-state index contributed by atoms with van der Waals surface area (Å²) in [6.07, 6.45) is -14.6. The zero-order valence-corrected chi connectivity index (χ0v) is 18.3. The molecule has 2 aliphatic heterocycles. The van der Waals surface area contributed by atoms with E-state index in [1.165, 1.54) is 0 Å². The van der Waals surface area contributed by atoms with Crippen LogP contribution in [0, 0.1) is 0 Å². The maximum Gasteiger partial charge on any atom is 0.187 e. The van der Waals surface area contributed by atoms with Crippen LogP contribution < -0.4 is 16.8 Å². The fourth-order valence-electron chi connectivity index (χ4n) is 4.44. The van der Waals surface area contributed by atoms with Crippen LogP contribution in [0.5, 0.6) is 0 Å². The van der Waals surface area contributed by atoms with E-state index in [1.54, 1.807) is 7.05 Å². The maximum atomic E-state index is 10.9. The van der Waals surface area contributed by atoms with Gasteiger partial charge in [-0.2, -0.15) is 0 Å². The number of nitrogens with one attached hydrogen (secondary N) is 1. The van der Waals surface area contributed by atoms with Gasteiger partial charge in [-0.1, -0.05) is 0 Å². The molecule has 14 nitrogen and oxygen atoms in total. The standard InChI is InChI=1S/C19H37N3O11/c1-22-4-8-12(25)15(28)16(29)19(31-8)30-7-3-2-6(20)17(13(7)26)33-18-14(27)10(21)11(24)9(5-23)32-18/h6-19,22-29H,2-5,20-21H2,1H3/t6-,7-,8?,9?,10?,11-,12-,13?,14?,15?,16?,17?,18-,19+/m1/s1. The second-order valence-corrected chi connectivity index (χ2v) is 8.86. The molecule has 1 aliphatic carbocycles. The Morgan fingerprint density at radius 1 is 0.788 bits per heavy atom. The van der Waals surface area contributed by atoms with Gasteiger partial charge in [-0.15, -0.1) is 0 Å². The van der Waals surface area contributed by atoms with Gasteiger partial charge in [0.1, 0.15) is 54.9 Å². The highest BCUT2D eigenvalue weighted by Gasteiger charge is 2.49. The predicted octanol–water partition coefficient (Wildman–Crippen LogP) is -5.97. The summed E-state index contributed by atoms with van der Waals surface area (Å²) < 4.78 is 22.5. The topological polar surface area (TPSA) is 243 Å². The first kappa shape index (κ1) is 27.0. The van der Waals surface area contributed by atoms with Crippen molar-refractivity contribution in [3.8, 4) is 0 Å². The highest BCUT2D eigenvalue weighted by atomic mass is 16.7. The maximum absolute atomic E-state index is 10.9. The molecule has 3 aliphatic rings. The minimum Gasteiger partial charge on any atom is -0.394 e. The van der Waals surface area contributed by atoms with Gasteiger partial charge < -0.3 is 71.5 Å². The van der Waals surface area contributed by atoms with Crippen molar-refractivity contribution in [3.63, 3.8) is 0 Å². The molecule has 2 heterocycles. The number of hydrogen-bond donors (Lipinski definition) is 10. The van der Waals surface area contributed by atoms with Crippen LogP contribution in [0.15, 0.2) is 0 Å². The fourth-order valence-corrected chi connectivity index (χ4v) is 4.44. The average Bonchev–Trinajstić information content (AvgIpc) is 2.79. The van der Waals surface area contributed by atoms with Crippen LogP contribution in [0.3, 0.4) is 0 Å². The van der Waals surface area contributed by atoms with Gasteiger partial charge in [0, 0.05) is 12.6 Å². The minimum absolute atomic E-state index is 0.184. The number of aliphatic hydroxyl groups excluding tert-OH is 7. The number of nitrogens with two attached hydrogens (primary N) is 2. The molecular formula is C19H37N3O11. The van der Waals surface area contributed by atoms with Crippen molar-refractivity contribution in [3.05, 3.63) is 0 Å². The molecule has 0 radical (unpaired) electrons. The van der Waals surface area contributed by atoms with Crippen LogP contribution in [-0.2, 0) is 18.9 Å². The summed E-state index contributed by atoms with van der Waals surface area (Å²) in [5.41, 5.74) is 11.9. The third-order valence-electron chi connectivity index (χ3n) is 6.54. The van der Waals surface area contributed by atoms with Crippen molar-refractivity contribution in [1.82, 2.24) is 5.32 Å². The van der Waals surface area contributed by atoms with Crippen LogP contribution in [0.2, 0.25) is 0 Å². The Bertz CT molecular complexity index is 620. The monoisotopic (exact) mass is 483 g/mol. The smallest absolute Gasteiger partial charge is 0.187 e. The van der Waals surface area contributed by atoms with E-state index in [4.69, 9.17) is 30.4 Å². The van der Waals surface area contributed by atoms with Gasteiger partial charge in [0.2, 0.25) is 0 Å². The zero-order valence-electron chi connectivity index (χ0n) is 18.3. The van der Waals surface area contributed by atoms with E-state index in [0.717, 1.165) is 0 Å². The molecule has 14 atom stereocenters. The number of hydrogen-bond acceptors (Lipinski definition) is 14. The molecule has 12 N–H and O–H groups in total. The Kier molecular flexibility index (Phi) is 9.38. The molecule has 1 saturated carbocycles. The first-order chi connectivity index (χ1) is 15.6. The van der Waals surface area contributed by atoms with Crippen LogP contribution >= 0.6 is 0 Å². The average molecular weight is 484 g/mol. The lowest BCUT2D eigenvalue weighted by Gasteiger charge is -2.46. The summed E-state index contributed by atoms with van der Waals surface area (Å²) in [7, 11) is 1.63. The van der Waals surface area contributed by atoms with Gasteiger partial charge in [0.25, 0.3) is 0 Å². The Balaban J connectivity index is 1.67. The third-order valence-corrected chi connectivity index (χ3v) is 6.54. The Labute approximate surface area is 191 Å². The largest absolute Gasteiger partial charge is 0.394 e. The fraction of sp³-hybridized carbons (Fsp3) is 1.00. The molecular weight excluding hydrogens is 446 g/mol. The second-order valence-electron chi connectivity index (χ2n) is 8.86. The van der Waals surface area contributed by atoms with E-state index in [2.05, 4.69) is 5.32 Å². The van der Waals surface area contributed by atoms with Crippen molar-refractivity contribution in [2.45, 2.75) is 98.5 Å². The van der Waals surface area contributed by atoms with Crippen LogP contribution in [0.1, 0.15) is 12.8 Å². The zero-order chi connectivity index (χ0) is 24.4. The first-order valence-electron chi connectivity index (χ1n) is 11.1. The number of aliphatic hydroxyl groups is 7. The Hall–Kier alpha value is -0.560. The van der Waals surface area contributed by atoms with E-state index in [-0.39, 0.29) is 13.0 Å². The second kappa shape index (κ2) is 11.5. The SMILES string of the molecule is CNCC1O[C@H](O[C@@H]2CC[C@@H](N)C(O[C@H]3OC(CO)[C@@H](O)C(N)C3O)C2O)C(O)C(O)[C@@H]1O. The Morgan fingerprint density at radius 2 is 1.42 bits per heavy atom. The van der Waals surface area contributed by atoms with Crippen LogP contribution in [0.25, 0.3) is 0 Å². The van der Waals surface area contributed by atoms with Gasteiger partial charge >= 0.3 is 0 Å².